The van der Waals surface area contributed by atoms with E-state index in [0.717, 1.165) is 13.1 Å². The highest BCUT2D eigenvalue weighted by Gasteiger charge is 2.21. The number of nitrogens with zero attached hydrogens (tertiary/aromatic N) is 2. The second-order valence-corrected chi connectivity index (χ2v) is 5.07. The second kappa shape index (κ2) is 8.06. The van der Waals surface area contributed by atoms with E-state index >= 15 is 0 Å². The molecule has 0 aromatic heterocycles. The molecule has 1 atom stereocenters. The van der Waals surface area contributed by atoms with Crippen LogP contribution in [0, 0.1) is 11.3 Å². The normalized spacial score (nSPS) is 19.2. The van der Waals surface area contributed by atoms with Crippen molar-refractivity contribution < 1.29 is 4.79 Å². The van der Waals surface area contributed by atoms with Gasteiger partial charge in [-0.15, -0.1) is 0 Å². The number of nitrogens with one attached hydrogen (secondary N) is 2. The number of nitriles is 1. The van der Waals surface area contributed by atoms with Gasteiger partial charge in [-0.3, -0.25) is 9.69 Å². The third-order valence-corrected chi connectivity index (χ3v) is 3.25. The lowest BCUT2D eigenvalue weighted by Gasteiger charge is -2.28. The van der Waals surface area contributed by atoms with Gasteiger partial charge >= 0.3 is 0 Å². The summed E-state index contributed by atoms with van der Waals surface area (Å²) in [5.41, 5.74) is 0. The Morgan fingerprint density at radius 3 is 2.94 bits per heavy atom. The van der Waals surface area contributed by atoms with Gasteiger partial charge in [-0.1, -0.05) is 0 Å². The smallest absolute Gasteiger partial charge is 0.234 e. The van der Waals surface area contributed by atoms with Crippen molar-refractivity contribution in [1.82, 2.24) is 15.5 Å². The first-order valence-electron chi connectivity index (χ1n) is 6.74. The molecule has 0 spiro atoms. The van der Waals surface area contributed by atoms with Gasteiger partial charge < -0.3 is 10.6 Å². The molecule has 1 aliphatic rings. The van der Waals surface area contributed by atoms with Crippen LogP contribution in [0.25, 0.3) is 0 Å². The summed E-state index contributed by atoms with van der Waals surface area (Å²) in [6.07, 6.45) is 2.79. The highest BCUT2D eigenvalue weighted by atomic mass is 16.2. The van der Waals surface area contributed by atoms with Crippen LogP contribution < -0.4 is 10.6 Å². The van der Waals surface area contributed by atoms with Crippen LogP contribution in [0.15, 0.2) is 0 Å². The van der Waals surface area contributed by atoms with Crippen molar-refractivity contribution in [2.45, 2.75) is 45.2 Å². The molecular weight excluding hydrogens is 228 g/mol. The number of amides is 1. The highest BCUT2D eigenvalue weighted by Crippen LogP contribution is 2.08. The molecule has 2 N–H and O–H groups in total. The molecule has 1 rings (SSSR count). The zero-order valence-corrected chi connectivity index (χ0v) is 11.4. The largest absolute Gasteiger partial charge is 0.354 e. The van der Waals surface area contributed by atoms with Gasteiger partial charge in [0.2, 0.25) is 5.91 Å². The zero-order chi connectivity index (χ0) is 13.4. The first-order valence-corrected chi connectivity index (χ1v) is 6.74. The first-order chi connectivity index (χ1) is 8.63. The molecule has 0 aromatic carbocycles. The molecule has 18 heavy (non-hydrogen) atoms. The molecular formula is C13H24N4O. The Bertz CT molecular complexity index is 292. The van der Waals surface area contributed by atoms with Crippen LogP contribution in [-0.2, 0) is 4.79 Å². The van der Waals surface area contributed by atoms with Gasteiger partial charge in [0.15, 0.2) is 0 Å². The lowest BCUT2D eigenvalue weighted by atomic mass is 10.2. The monoisotopic (exact) mass is 252 g/mol. The molecule has 0 bridgehead atoms. The molecule has 0 aromatic rings. The zero-order valence-electron chi connectivity index (χ0n) is 11.4. The van der Waals surface area contributed by atoms with Crippen LogP contribution in [0.4, 0.5) is 0 Å². The Labute approximate surface area is 110 Å². The van der Waals surface area contributed by atoms with Crippen LogP contribution in [0.3, 0.4) is 0 Å². The average molecular weight is 252 g/mol. The van der Waals surface area contributed by atoms with Gasteiger partial charge in [0.05, 0.1) is 19.0 Å². The van der Waals surface area contributed by atoms with Crippen LogP contribution >= 0.6 is 0 Å². The standard InChI is InChI=1S/C13H24N4O/c1-11(2)17(9-12-5-3-7-15-12)10-13(18)16-8-4-6-14/h11-12,15H,3-5,7-10H2,1-2H3,(H,16,18). The topological polar surface area (TPSA) is 68.2 Å². The van der Waals surface area contributed by atoms with Crippen molar-refractivity contribution in [3.05, 3.63) is 0 Å². The van der Waals surface area contributed by atoms with Gasteiger partial charge in [0.25, 0.3) is 0 Å². The summed E-state index contributed by atoms with van der Waals surface area (Å²) in [5, 5.41) is 14.6. The molecule has 0 aliphatic carbocycles. The van der Waals surface area contributed by atoms with Crippen LogP contribution in [0.5, 0.6) is 0 Å². The molecule has 0 saturated carbocycles. The number of carbonyl (C=O) groups excluding carboxylic acids is 1. The van der Waals surface area contributed by atoms with Crippen LogP contribution in [0.2, 0.25) is 0 Å². The summed E-state index contributed by atoms with van der Waals surface area (Å²) in [4.78, 5) is 13.9. The Hall–Kier alpha value is -1.12. The maximum Gasteiger partial charge on any atom is 0.234 e. The number of rotatable bonds is 7. The van der Waals surface area contributed by atoms with E-state index in [2.05, 4.69) is 29.4 Å². The Morgan fingerprint density at radius 2 is 2.39 bits per heavy atom. The average Bonchev–Trinajstić information content (AvgIpc) is 2.81. The fourth-order valence-corrected chi connectivity index (χ4v) is 2.15. The van der Waals surface area contributed by atoms with Gasteiger partial charge in [-0.25, -0.2) is 0 Å². The van der Waals surface area contributed by atoms with E-state index in [9.17, 15) is 4.79 Å². The number of hydrogen-bond acceptors (Lipinski definition) is 4. The van der Waals surface area contributed by atoms with E-state index in [4.69, 9.17) is 5.26 Å². The maximum atomic E-state index is 11.7. The van der Waals surface area contributed by atoms with Gasteiger partial charge in [-0.2, -0.15) is 5.26 Å². The fourth-order valence-electron chi connectivity index (χ4n) is 2.15. The maximum absolute atomic E-state index is 11.7. The van der Waals surface area contributed by atoms with E-state index < -0.39 is 0 Å². The number of hydrogen-bond donors (Lipinski definition) is 2. The Balaban J connectivity index is 2.32. The van der Waals surface area contributed by atoms with Crippen LogP contribution in [-0.4, -0.2) is 49.1 Å². The third kappa shape index (κ3) is 5.48. The van der Waals surface area contributed by atoms with E-state index in [-0.39, 0.29) is 5.91 Å². The SMILES string of the molecule is CC(C)N(CC(=O)NCCC#N)CC1CCCN1. The summed E-state index contributed by atoms with van der Waals surface area (Å²) < 4.78 is 0. The summed E-state index contributed by atoms with van der Waals surface area (Å²) >= 11 is 0. The van der Waals surface area contributed by atoms with E-state index in [1.807, 2.05) is 6.07 Å². The molecule has 1 fully saturated rings. The Morgan fingerprint density at radius 1 is 1.61 bits per heavy atom. The molecule has 1 amide bonds. The second-order valence-electron chi connectivity index (χ2n) is 5.07. The van der Waals surface area contributed by atoms with Gasteiger partial charge in [0.1, 0.15) is 0 Å². The van der Waals surface area contributed by atoms with Gasteiger partial charge in [0, 0.05) is 25.2 Å². The Kier molecular flexibility index (Phi) is 6.69. The highest BCUT2D eigenvalue weighted by molar-refractivity contribution is 5.78. The molecule has 5 heteroatoms. The van der Waals surface area contributed by atoms with E-state index in [1.54, 1.807) is 0 Å². The van der Waals surface area contributed by atoms with Crippen molar-refractivity contribution in [2.24, 2.45) is 0 Å². The predicted molar refractivity (Wildman–Crippen MR) is 71.0 cm³/mol. The minimum atomic E-state index is 0.0111. The molecule has 1 unspecified atom stereocenters. The lowest BCUT2D eigenvalue weighted by Crippen LogP contribution is -2.46. The van der Waals surface area contributed by atoms with Crippen molar-refractivity contribution in [3.8, 4) is 6.07 Å². The summed E-state index contributed by atoms with van der Waals surface area (Å²) in [6, 6.07) is 2.89. The van der Waals surface area contributed by atoms with E-state index in [1.165, 1.54) is 12.8 Å². The minimum absolute atomic E-state index is 0.0111. The molecule has 1 saturated heterocycles. The van der Waals surface area contributed by atoms with Gasteiger partial charge in [-0.05, 0) is 33.2 Å². The number of carbonyl (C=O) groups is 1. The van der Waals surface area contributed by atoms with Crippen LogP contribution in [0.1, 0.15) is 33.1 Å². The first kappa shape index (κ1) is 14.9. The lowest BCUT2D eigenvalue weighted by molar-refractivity contribution is -0.122. The molecule has 1 heterocycles. The van der Waals surface area contributed by atoms with Crippen molar-refractivity contribution in [1.29, 1.82) is 5.26 Å². The summed E-state index contributed by atoms with van der Waals surface area (Å²) in [5.74, 6) is 0.0111. The molecule has 5 nitrogen and oxygen atoms in total. The quantitative estimate of drug-likeness (QED) is 0.647. The summed E-state index contributed by atoms with van der Waals surface area (Å²) in [6.45, 7) is 7.09. The summed E-state index contributed by atoms with van der Waals surface area (Å²) in [7, 11) is 0. The fraction of sp³-hybridized carbons (Fsp3) is 0.846. The minimum Gasteiger partial charge on any atom is -0.354 e. The van der Waals surface area contributed by atoms with E-state index in [0.29, 0.717) is 31.6 Å². The predicted octanol–water partition coefficient (Wildman–Crippen LogP) is 0.479. The van der Waals surface area contributed by atoms with Crippen molar-refractivity contribution in [3.63, 3.8) is 0 Å². The molecule has 102 valence electrons. The third-order valence-electron chi connectivity index (χ3n) is 3.25. The van der Waals surface area contributed by atoms with Crippen molar-refractivity contribution in [2.75, 3.05) is 26.2 Å². The van der Waals surface area contributed by atoms with Crippen molar-refractivity contribution >= 4 is 5.91 Å². The molecule has 0 radical (unpaired) electrons. The molecule has 1 aliphatic heterocycles.